The molecule has 0 fully saturated rings. The van der Waals surface area contributed by atoms with Crippen molar-refractivity contribution in [3.05, 3.63) is 65.2 Å². The lowest BCUT2D eigenvalue weighted by molar-refractivity contribution is 0.0943. The molecule has 1 N–H and O–H groups in total. The topological polar surface area (TPSA) is 74.0 Å². The van der Waals surface area contributed by atoms with Crippen LogP contribution in [0.4, 0.5) is 0 Å². The molecule has 7 heteroatoms. The fourth-order valence-electron chi connectivity index (χ4n) is 2.55. The predicted octanol–water partition coefficient (Wildman–Crippen LogP) is 2.20. The first-order valence-electron chi connectivity index (χ1n) is 8.01. The Morgan fingerprint density at radius 3 is 2.64 bits per heavy atom. The van der Waals surface area contributed by atoms with E-state index in [-0.39, 0.29) is 12.6 Å². The largest absolute Gasteiger partial charge is 0.471 e. The van der Waals surface area contributed by atoms with E-state index in [9.17, 15) is 4.79 Å². The molecule has 0 unspecified atom stereocenters. The summed E-state index contributed by atoms with van der Waals surface area (Å²) in [7, 11) is 1.83. The van der Waals surface area contributed by atoms with E-state index in [1.54, 1.807) is 27.8 Å². The van der Waals surface area contributed by atoms with Gasteiger partial charge in [0.2, 0.25) is 0 Å². The van der Waals surface area contributed by atoms with E-state index in [2.05, 4.69) is 21.6 Å². The van der Waals surface area contributed by atoms with Gasteiger partial charge in [0.05, 0.1) is 12.2 Å². The molecule has 0 saturated carbocycles. The maximum absolute atomic E-state index is 12.2. The highest BCUT2D eigenvalue weighted by Gasteiger charge is 2.10. The molecule has 1 amide bonds. The minimum absolute atomic E-state index is 0.230. The van der Waals surface area contributed by atoms with E-state index in [1.807, 2.05) is 39.1 Å². The van der Waals surface area contributed by atoms with Crippen LogP contribution < -0.4 is 10.1 Å². The molecule has 0 aliphatic rings. The molecule has 0 spiro atoms. The normalized spacial score (nSPS) is 10.7. The molecule has 3 aromatic rings. The van der Waals surface area contributed by atoms with Crippen LogP contribution in [0.25, 0.3) is 0 Å². The Kier molecular flexibility index (Phi) is 4.83. The van der Waals surface area contributed by atoms with E-state index in [0.717, 1.165) is 22.6 Å². The minimum atomic E-state index is -0.230. The summed E-state index contributed by atoms with van der Waals surface area (Å²) >= 11 is 0. The van der Waals surface area contributed by atoms with Crippen molar-refractivity contribution in [1.82, 2.24) is 24.9 Å². The number of nitrogens with zero attached hydrogens (tertiary/aromatic N) is 4. The lowest BCUT2D eigenvalue weighted by Crippen LogP contribution is -2.24. The second kappa shape index (κ2) is 7.21. The third kappa shape index (κ3) is 4.26. The number of benzene rings is 1. The molecule has 0 saturated heterocycles. The summed E-state index contributed by atoms with van der Waals surface area (Å²) < 4.78 is 9.05. The molecule has 1 aromatic carbocycles. The number of rotatable bonds is 6. The molecule has 7 nitrogen and oxygen atoms in total. The summed E-state index contributed by atoms with van der Waals surface area (Å²) in [5.74, 6) is 0.557. The van der Waals surface area contributed by atoms with Gasteiger partial charge in [0.1, 0.15) is 11.4 Å². The van der Waals surface area contributed by atoms with Gasteiger partial charge in [0.25, 0.3) is 5.91 Å². The van der Waals surface area contributed by atoms with Crippen LogP contribution in [0, 0.1) is 13.8 Å². The maximum atomic E-state index is 12.2. The highest BCUT2D eigenvalue weighted by atomic mass is 16.5. The van der Waals surface area contributed by atoms with Gasteiger partial charge in [-0.3, -0.25) is 9.48 Å². The number of amides is 1. The van der Waals surface area contributed by atoms with Crippen LogP contribution >= 0.6 is 0 Å². The molecule has 0 atom stereocenters. The van der Waals surface area contributed by atoms with Crippen molar-refractivity contribution in [3.63, 3.8) is 0 Å². The van der Waals surface area contributed by atoms with Gasteiger partial charge in [-0.1, -0.05) is 6.07 Å². The number of aryl methyl sites for hydroxylation is 3. The van der Waals surface area contributed by atoms with Crippen molar-refractivity contribution in [2.24, 2.45) is 7.05 Å². The van der Waals surface area contributed by atoms with Gasteiger partial charge in [-0.15, -0.1) is 0 Å². The molecule has 0 aliphatic carbocycles. The third-order valence-corrected chi connectivity index (χ3v) is 3.78. The minimum Gasteiger partial charge on any atom is -0.471 e. The zero-order valence-electron chi connectivity index (χ0n) is 14.6. The summed E-state index contributed by atoms with van der Waals surface area (Å²) in [4.78, 5) is 12.2. The van der Waals surface area contributed by atoms with Crippen molar-refractivity contribution < 1.29 is 9.53 Å². The van der Waals surface area contributed by atoms with Crippen LogP contribution in [0.3, 0.4) is 0 Å². The summed E-state index contributed by atoms with van der Waals surface area (Å²) in [5, 5.41) is 11.1. The number of nitrogens with one attached hydrogen (secondary N) is 1. The molecular weight excluding hydrogens is 318 g/mol. The summed E-state index contributed by atoms with van der Waals surface area (Å²) in [6.07, 6.45) is 3.42. The van der Waals surface area contributed by atoms with Crippen LogP contribution in [-0.4, -0.2) is 25.5 Å². The zero-order valence-corrected chi connectivity index (χ0v) is 14.6. The number of hydrogen-bond donors (Lipinski definition) is 1. The molecule has 0 bridgehead atoms. The van der Waals surface area contributed by atoms with Gasteiger partial charge in [0, 0.05) is 19.4 Å². The third-order valence-electron chi connectivity index (χ3n) is 3.78. The summed E-state index contributed by atoms with van der Waals surface area (Å²) in [6.45, 7) is 4.70. The smallest absolute Gasteiger partial charge is 0.272 e. The Balaban J connectivity index is 1.56. The Labute approximate surface area is 146 Å². The van der Waals surface area contributed by atoms with Crippen LogP contribution in [0.5, 0.6) is 5.75 Å². The lowest BCUT2D eigenvalue weighted by atomic mass is 10.1. The molecule has 25 heavy (non-hydrogen) atoms. The zero-order chi connectivity index (χ0) is 17.8. The van der Waals surface area contributed by atoms with E-state index in [1.165, 1.54) is 0 Å². The first-order valence-corrected chi connectivity index (χ1v) is 8.01. The average molecular weight is 339 g/mol. The van der Waals surface area contributed by atoms with Gasteiger partial charge >= 0.3 is 0 Å². The monoisotopic (exact) mass is 339 g/mol. The van der Waals surface area contributed by atoms with E-state index < -0.39 is 0 Å². The Morgan fingerprint density at radius 1 is 1.20 bits per heavy atom. The Hall–Kier alpha value is -3.09. The maximum Gasteiger partial charge on any atom is 0.272 e. The number of aromatic nitrogens is 4. The molecule has 0 aliphatic heterocycles. The first-order chi connectivity index (χ1) is 12.0. The molecule has 2 heterocycles. The van der Waals surface area contributed by atoms with Crippen molar-refractivity contribution >= 4 is 5.91 Å². The van der Waals surface area contributed by atoms with Crippen molar-refractivity contribution in [3.8, 4) is 5.75 Å². The number of carbonyl (C=O) groups is 1. The van der Waals surface area contributed by atoms with Crippen molar-refractivity contribution in [2.75, 3.05) is 0 Å². The molecule has 130 valence electrons. The van der Waals surface area contributed by atoms with Crippen LogP contribution in [0.2, 0.25) is 0 Å². The van der Waals surface area contributed by atoms with Crippen molar-refractivity contribution in [2.45, 2.75) is 27.1 Å². The van der Waals surface area contributed by atoms with Crippen LogP contribution in [-0.2, 0) is 20.3 Å². The molecule has 0 radical (unpaired) electrons. The Bertz CT molecular complexity index is 861. The van der Waals surface area contributed by atoms with E-state index in [4.69, 9.17) is 4.74 Å². The van der Waals surface area contributed by atoms with E-state index >= 15 is 0 Å². The predicted molar refractivity (Wildman–Crippen MR) is 93.1 cm³/mol. The van der Waals surface area contributed by atoms with Gasteiger partial charge < -0.3 is 10.1 Å². The Morgan fingerprint density at radius 2 is 1.96 bits per heavy atom. The molecule has 3 rings (SSSR count). The van der Waals surface area contributed by atoms with Gasteiger partial charge in [-0.05, 0) is 49.2 Å². The molecule has 2 aromatic heterocycles. The van der Waals surface area contributed by atoms with E-state index in [0.29, 0.717) is 12.2 Å². The number of carbonyl (C=O) groups excluding carboxylic acids is 1. The van der Waals surface area contributed by atoms with Crippen LogP contribution in [0.1, 0.15) is 27.3 Å². The first kappa shape index (κ1) is 16.8. The fourth-order valence-corrected chi connectivity index (χ4v) is 2.55. The highest BCUT2D eigenvalue weighted by Crippen LogP contribution is 2.16. The SMILES string of the molecule is Cc1cc(C)cc(OCn2ccc(C(=O)NCc3ccnn3C)n2)c1. The summed E-state index contributed by atoms with van der Waals surface area (Å²) in [6, 6.07) is 9.56. The second-order valence-corrected chi connectivity index (χ2v) is 5.97. The lowest BCUT2D eigenvalue weighted by Gasteiger charge is -2.08. The average Bonchev–Trinajstić information content (AvgIpc) is 3.19. The fraction of sp³-hybridized carbons (Fsp3) is 0.278. The highest BCUT2D eigenvalue weighted by molar-refractivity contribution is 5.92. The number of ether oxygens (including phenoxy) is 1. The van der Waals surface area contributed by atoms with Crippen molar-refractivity contribution in [1.29, 1.82) is 0 Å². The number of hydrogen-bond acceptors (Lipinski definition) is 4. The molecular formula is C18H21N5O2. The summed E-state index contributed by atoms with van der Waals surface area (Å²) in [5.41, 5.74) is 3.56. The second-order valence-electron chi connectivity index (χ2n) is 5.97. The van der Waals surface area contributed by atoms with Gasteiger partial charge in [-0.25, -0.2) is 4.68 Å². The quantitative estimate of drug-likeness (QED) is 0.747. The van der Waals surface area contributed by atoms with Crippen LogP contribution in [0.15, 0.2) is 42.7 Å². The van der Waals surface area contributed by atoms with Gasteiger partial charge in [0.15, 0.2) is 6.73 Å². The standard InChI is InChI=1S/C18H21N5O2/c1-13-8-14(2)10-16(9-13)25-12-23-7-5-17(21-23)18(24)19-11-15-4-6-20-22(15)3/h4-10H,11-12H2,1-3H3,(H,19,24). The van der Waals surface area contributed by atoms with Gasteiger partial charge in [-0.2, -0.15) is 10.2 Å².